The van der Waals surface area contributed by atoms with Crippen molar-refractivity contribution in [2.75, 3.05) is 6.61 Å². The zero-order valence-electron chi connectivity index (χ0n) is 9.63. The molecule has 16 heavy (non-hydrogen) atoms. The highest BCUT2D eigenvalue weighted by Crippen LogP contribution is 2.23. The minimum Gasteiger partial charge on any atom is -0.276 e. The Hall–Kier alpha value is -0.710. The molecule has 0 spiro atoms. The highest BCUT2D eigenvalue weighted by molar-refractivity contribution is 7.77. The molecule has 1 heterocycles. The van der Waals surface area contributed by atoms with Crippen LogP contribution in [0.3, 0.4) is 0 Å². The number of rotatable bonds is 3. The van der Waals surface area contributed by atoms with Gasteiger partial charge in [0.2, 0.25) is 11.3 Å². The van der Waals surface area contributed by atoms with Crippen LogP contribution in [0.25, 0.3) is 0 Å². The van der Waals surface area contributed by atoms with Gasteiger partial charge in [-0.3, -0.25) is 4.18 Å². The predicted molar refractivity (Wildman–Crippen MR) is 64.7 cm³/mol. The molecule has 2 atom stereocenters. The molecule has 4 heteroatoms. The molecule has 1 saturated heterocycles. The van der Waals surface area contributed by atoms with E-state index in [-0.39, 0.29) is 6.04 Å². The predicted octanol–water partition coefficient (Wildman–Crippen LogP) is 2.12. The van der Waals surface area contributed by atoms with Crippen LogP contribution in [0.1, 0.15) is 19.4 Å². The second-order valence-electron chi connectivity index (χ2n) is 4.37. The van der Waals surface area contributed by atoms with Crippen LogP contribution in [-0.4, -0.2) is 21.2 Å². The van der Waals surface area contributed by atoms with E-state index in [4.69, 9.17) is 4.18 Å². The van der Waals surface area contributed by atoms with Crippen LogP contribution < -0.4 is 0 Å². The number of nitrogens with zero attached hydrogens (tertiary/aromatic N) is 1. The summed E-state index contributed by atoms with van der Waals surface area (Å²) < 4.78 is 18.8. The summed E-state index contributed by atoms with van der Waals surface area (Å²) in [6.07, 6.45) is 0. The van der Waals surface area contributed by atoms with E-state index >= 15 is 0 Å². The third-order valence-electron chi connectivity index (χ3n) is 2.85. The van der Waals surface area contributed by atoms with Gasteiger partial charge in [0, 0.05) is 6.54 Å². The molecule has 0 N–H and O–H groups in total. The van der Waals surface area contributed by atoms with Crippen molar-refractivity contribution < 1.29 is 8.39 Å². The molecular weight excluding hydrogens is 222 g/mol. The van der Waals surface area contributed by atoms with Gasteiger partial charge in [0.05, 0.1) is 12.6 Å². The highest BCUT2D eigenvalue weighted by atomic mass is 32.2. The van der Waals surface area contributed by atoms with Gasteiger partial charge in [-0.15, -0.1) is 0 Å². The van der Waals surface area contributed by atoms with Crippen LogP contribution in [0.2, 0.25) is 0 Å². The fourth-order valence-electron chi connectivity index (χ4n) is 1.85. The molecule has 0 aromatic heterocycles. The second kappa shape index (κ2) is 5.08. The molecule has 1 aliphatic rings. The summed E-state index contributed by atoms with van der Waals surface area (Å²) in [5.41, 5.74) is 1.17. The van der Waals surface area contributed by atoms with Crippen molar-refractivity contribution in [2.45, 2.75) is 26.4 Å². The Morgan fingerprint density at radius 3 is 2.75 bits per heavy atom. The van der Waals surface area contributed by atoms with Crippen LogP contribution in [0.15, 0.2) is 30.3 Å². The number of benzene rings is 1. The molecule has 0 aliphatic carbocycles. The summed E-state index contributed by atoms with van der Waals surface area (Å²) in [7, 11) is 0. The molecule has 1 aliphatic heterocycles. The Morgan fingerprint density at radius 1 is 1.44 bits per heavy atom. The summed E-state index contributed by atoms with van der Waals surface area (Å²) in [6, 6.07) is 10.3. The van der Waals surface area contributed by atoms with Crippen LogP contribution in [-0.2, 0) is 22.0 Å². The summed E-state index contributed by atoms with van der Waals surface area (Å²) in [5, 5.41) is 0. The van der Waals surface area contributed by atoms with Crippen LogP contribution in [0.5, 0.6) is 0 Å². The maximum atomic E-state index is 11.7. The summed E-state index contributed by atoms with van der Waals surface area (Å²) in [6.45, 7) is 5.52. The van der Waals surface area contributed by atoms with Crippen molar-refractivity contribution in [1.29, 1.82) is 0 Å². The average Bonchev–Trinajstić information content (AvgIpc) is 2.62. The first-order chi connectivity index (χ1) is 7.68. The van der Waals surface area contributed by atoms with Gasteiger partial charge < -0.3 is 0 Å². The topological polar surface area (TPSA) is 29.5 Å². The Kier molecular flexibility index (Phi) is 3.74. The highest BCUT2D eigenvalue weighted by Gasteiger charge is 2.34. The molecule has 0 bridgehead atoms. The molecule has 3 nitrogen and oxygen atoms in total. The maximum Gasteiger partial charge on any atom is 0.237 e. The van der Waals surface area contributed by atoms with Crippen LogP contribution in [0, 0.1) is 5.92 Å². The first-order valence-electron chi connectivity index (χ1n) is 5.54. The minimum atomic E-state index is -1.28. The Bertz CT molecular complexity index is 367. The van der Waals surface area contributed by atoms with Crippen molar-refractivity contribution in [3.63, 3.8) is 0 Å². The van der Waals surface area contributed by atoms with E-state index in [2.05, 4.69) is 13.8 Å². The molecule has 1 fully saturated rings. The summed E-state index contributed by atoms with van der Waals surface area (Å²) in [5.74, 6) is 0.454. The Balaban J connectivity index is 2.10. The lowest BCUT2D eigenvalue weighted by Gasteiger charge is -2.23. The lowest BCUT2D eigenvalue weighted by atomic mass is 10.1. The zero-order valence-corrected chi connectivity index (χ0v) is 10.4. The Morgan fingerprint density at radius 2 is 2.12 bits per heavy atom. The van der Waals surface area contributed by atoms with Gasteiger partial charge >= 0.3 is 0 Å². The summed E-state index contributed by atoms with van der Waals surface area (Å²) >= 11 is -1.28. The molecule has 0 radical (unpaired) electrons. The SMILES string of the molecule is CC(C)[C@H]1COS(=O)N1Cc1ccccc1. The standard InChI is InChI=1S/C12H17NO2S/c1-10(2)12-9-15-16(14)13(12)8-11-6-4-3-5-7-11/h3-7,10,12H,8-9H2,1-2H3/t12-,16?/m1/s1. The fraction of sp³-hybridized carbons (Fsp3) is 0.500. The van der Waals surface area contributed by atoms with Gasteiger partial charge in [-0.25, -0.2) is 4.21 Å². The van der Waals surface area contributed by atoms with Gasteiger partial charge in [-0.2, -0.15) is 4.31 Å². The van der Waals surface area contributed by atoms with Gasteiger partial charge in [-0.1, -0.05) is 44.2 Å². The van der Waals surface area contributed by atoms with Crippen LogP contribution in [0.4, 0.5) is 0 Å². The monoisotopic (exact) mass is 239 g/mol. The van der Waals surface area contributed by atoms with Crippen molar-refractivity contribution in [2.24, 2.45) is 5.92 Å². The van der Waals surface area contributed by atoms with E-state index < -0.39 is 11.3 Å². The molecule has 1 aromatic carbocycles. The third kappa shape index (κ3) is 2.51. The molecular formula is C12H17NO2S. The summed E-state index contributed by atoms with van der Waals surface area (Å²) in [4.78, 5) is 0. The normalized spacial score (nSPS) is 26.4. The van der Waals surface area contributed by atoms with Crippen LogP contribution >= 0.6 is 0 Å². The maximum absolute atomic E-state index is 11.7. The van der Waals surface area contributed by atoms with E-state index in [1.165, 1.54) is 5.56 Å². The second-order valence-corrected chi connectivity index (χ2v) is 5.51. The van der Waals surface area contributed by atoms with E-state index in [0.717, 1.165) is 0 Å². The van der Waals surface area contributed by atoms with Crippen molar-refractivity contribution in [3.8, 4) is 0 Å². The molecule has 2 rings (SSSR count). The third-order valence-corrected chi connectivity index (χ3v) is 3.97. The molecule has 88 valence electrons. The van der Waals surface area contributed by atoms with Gasteiger partial charge in [0.1, 0.15) is 0 Å². The first-order valence-corrected chi connectivity index (χ1v) is 6.57. The quantitative estimate of drug-likeness (QED) is 0.808. The molecule has 1 unspecified atom stereocenters. The Labute approximate surface area is 99.2 Å². The molecule has 1 aromatic rings. The van der Waals surface area contributed by atoms with E-state index in [1.54, 1.807) is 0 Å². The van der Waals surface area contributed by atoms with Crippen molar-refractivity contribution in [1.82, 2.24) is 4.31 Å². The fourth-order valence-corrected chi connectivity index (χ4v) is 3.02. The first kappa shape index (κ1) is 11.8. The lowest BCUT2D eigenvalue weighted by Crippen LogP contribution is -2.34. The lowest BCUT2D eigenvalue weighted by molar-refractivity contribution is 0.250. The van der Waals surface area contributed by atoms with E-state index in [0.29, 0.717) is 19.1 Å². The van der Waals surface area contributed by atoms with Gasteiger partial charge in [-0.05, 0) is 11.5 Å². The minimum absolute atomic E-state index is 0.251. The molecule has 0 saturated carbocycles. The van der Waals surface area contributed by atoms with Gasteiger partial charge in [0.15, 0.2) is 0 Å². The zero-order chi connectivity index (χ0) is 11.5. The number of hydrogen-bond acceptors (Lipinski definition) is 2. The average molecular weight is 239 g/mol. The van der Waals surface area contributed by atoms with E-state index in [9.17, 15) is 4.21 Å². The van der Waals surface area contributed by atoms with Crippen molar-refractivity contribution >= 4 is 11.3 Å². The van der Waals surface area contributed by atoms with E-state index in [1.807, 2.05) is 34.6 Å². The molecule has 0 amide bonds. The largest absolute Gasteiger partial charge is 0.276 e. The number of hydrogen-bond donors (Lipinski definition) is 0. The van der Waals surface area contributed by atoms with Crippen molar-refractivity contribution in [3.05, 3.63) is 35.9 Å². The van der Waals surface area contributed by atoms with Gasteiger partial charge in [0.25, 0.3) is 0 Å². The smallest absolute Gasteiger partial charge is 0.237 e.